The average Bonchev–Trinajstić information content (AvgIpc) is 3.28. The van der Waals surface area contributed by atoms with E-state index in [9.17, 15) is 4.79 Å². The van der Waals surface area contributed by atoms with Gasteiger partial charge in [0.25, 0.3) is 5.91 Å². The van der Waals surface area contributed by atoms with Gasteiger partial charge in [0.05, 0.1) is 0 Å². The number of rotatable bonds is 7. The standard InChI is InChI=1S/C21H29N3O/c1-14(2)18(16(4)19(22-6)24-21(5)10-11-21)20(25)23-13-17-9-7-8-15(3)12-17/h7-9,12,24H,6,10-11,13H2,1-5H3,(H,23,25)/b19-16-. The number of carbonyl (C=O) groups excluding carboxylic acids is 1. The van der Waals surface area contributed by atoms with Gasteiger partial charge < -0.3 is 10.6 Å². The first-order valence-corrected chi connectivity index (χ1v) is 8.73. The average molecular weight is 339 g/mol. The Kier molecular flexibility index (Phi) is 5.83. The Labute approximate surface area is 151 Å². The molecule has 1 fully saturated rings. The van der Waals surface area contributed by atoms with Crippen molar-refractivity contribution in [3.63, 3.8) is 0 Å². The number of hydrogen-bond donors (Lipinski definition) is 2. The van der Waals surface area contributed by atoms with Crippen LogP contribution in [0.4, 0.5) is 0 Å². The van der Waals surface area contributed by atoms with E-state index in [0.717, 1.165) is 29.6 Å². The van der Waals surface area contributed by atoms with Crippen molar-refractivity contribution in [2.45, 2.75) is 59.5 Å². The molecule has 0 aromatic heterocycles. The van der Waals surface area contributed by atoms with Crippen molar-refractivity contribution < 1.29 is 4.79 Å². The van der Waals surface area contributed by atoms with Crippen LogP contribution in [0.15, 0.2) is 51.8 Å². The van der Waals surface area contributed by atoms with E-state index in [-0.39, 0.29) is 11.4 Å². The molecule has 0 heterocycles. The zero-order valence-corrected chi connectivity index (χ0v) is 16.0. The molecular formula is C21H29N3O. The van der Waals surface area contributed by atoms with Gasteiger partial charge in [0, 0.05) is 23.2 Å². The number of hydrogen-bond acceptors (Lipinski definition) is 3. The monoisotopic (exact) mass is 339 g/mol. The molecule has 1 aromatic carbocycles. The topological polar surface area (TPSA) is 53.5 Å². The van der Waals surface area contributed by atoms with Crippen LogP contribution in [0.3, 0.4) is 0 Å². The molecule has 1 aliphatic rings. The van der Waals surface area contributed by atoms with Gasteiger partial charge in [0.2, 0.25) is 0 Å². The molecule has 0 atom stereocenters. The minimum absolute atomic E-state index is 0.0806. The molecule has 1 amide bonds. The van der Waals surface area contributed by atoms with E-state index < -0.39 is 0 Å². The number of amides is 1. The number of benzene rings is 1. The number of aliphatic imine (C=N–C) groups is 1. The lowest BCUT2D eigenvalue weighted by Crippen LogP contribution is -2.30. The second kappa shape index (κ2) is 7.68. The van der Waals surface area contributed by atoms with Gasteiger partial charge in [-0.1, -0.05) is 35.4 Å². The zero-order chi connectivity index (χ0) is 18.6. The fourth-order valence-electron chi connectivity index (χ4n) is 2.83. The molecule has 1 aliphatic carbocycles. The SMILES string of the molecule is C=N/C(NC1(C)CC1)=C(\C)C(C(=O)NCc1cccc(C)c1)=C(C)C. The predicted octanol–water partition coefficient (Wildman–Crippen LogP) is 4.02. The summed E-state index contributed by atoms with van der Waals surface area (Å²) in [6.07, 6.45) is 2.23. The second-order valence-corrected chi connectivity index (χ2v) is 7.36. The first-order chi connectivity index (χ1) is 11.8. The molecular weight excluding hydrogens is 310 g/mol. The minimum Gasteiger partial charge on any atom is -0.365 e. The van der Waals surface area contributed by atoms with Crippen molar-refractivity contribution in [3.05, 3.63) is 57.9 Å². The van der Waals surface area contributed by atoms with Gasteiger partial charge in [-0.05, 0) is 59.7 Å². The maximum Gasteiger partial charge on any atom is 0.251 e. The second-order valence-electron chi connectivity index (χ2n) is 7.36. The first-order valence-electron chi connectivity index (χ1n) is 8.73. The summed E-state index contributed by atoms with van der Waals surface area (Å²) in [5.74, 6) is 0.616. The van der Waals surface area contributed by atoms with Crippen LogP contribution >= 0.6 is 0 Å². The molecule has 0 unspecified atom stereocenters. The molecule has 2 rings (SSSR count). The summed E-state index contributed by atoms with van der Waals surface area (Å²) in [6, 6.07) is 8.15. The van der Waals surface area contributed by atoms with E-state index in [1.165, 1.54) is 5.56 Å². The molecule has 1 saturated carbocycles. The molecule has 1 aromatic rings. The van der Waals surface area contributed by atoms with Gasteiger partial charge in [-0.15, -0.1) is 0 Å². The third-order valence-corrected chi connectivity index (χ3v) is 4.57. The normalized spacial score (nSPS) is 15.7. The van der Waals surface area contributed by atoms with E-state index in [0.29, 0.717) is 17.9 Å². The summed E-state index contributed by atoms with van der Waals surface area (Å²) in [5, 5.41) is 6.45. The van der Waals surface area contributed by atoms with Gasteiger partial charge >= 0.3 is 0 Å². The summed E-state index contributed by atoms with van der Waals surface area (Å²) in [4.78, 5) is 16.9. The summed E-state index contributed by atoms with van der Waals surface area (Å²) >= 11 is 0. The van der Waals surface area contributed by atoms with Crippen LogP contribution in [-0.2, 0) is 11.3 Å². The Morgan fingerprint density at radius 1 is 1.28 bits per heavy atom. The van der Waals surface area contributed by atoms with Gasteiger partial charge in [-0.3, -0.25) is 4.79 Å². The molecule has 4 heteroatoms. The molecule has 2 N–H and O–H groups in total. The maximum absolute atomic E-state index is 12.8. The highest BCUT2D eigenvalue weighted by Gasteiger charge is 2.38. The van der Waals surface area contributed by atoms with Crippen LogP contribution in [0, 0.1) is 6.92 Å². The third kappa shape index (κ3) is 5.05. The number of nitrogens with one attached hydrogen (secondary N) is 2. The van der Waals surface area contributed by atoms with Crippen LogP contribution in [0.25, 0.3) is 0 Å². The zero-order valence-electron chi connectivity index (χ0n) is 16.0. The van der Waals surface area contributed by atoms with E-state index >= 15 is 0 Å². The molecule has 0 bridgehead atoms. The van der Waals surface area contributed by atoms with E-state index in [4.69, 9.17) is 0 Å². The molecule has 0 aliphatic heterocycles. The number of nitrogens with zero attached hydrogens (tertiary/aromatic N) is 1. The van der Waals surface area contributed by atoms with Crippen molar-refractivity contribution in [2.24, 2.45) is 4.99 Å². The highest BCUT2D eigenvalue weighted by Crippen LogP contribution is 2.36. The highest BCUT2D eigenvalue weighted by molar-refractivity contribution is 5.98. The largest absolute Gasteiger partial charge is 0.365 e. The number of carbonyl (C=O) groups is 1. The Hall–Kier alpha value is -2.36. The predicted molar refractivity (Wildman–Crippen MR) is 104 cm³/mol. The highest BCUT2D eigenvalue weighted by atomic mass is 16.1. The number of allylic oxidation sites excluding steroid dienone is 1. The molecule has 0 spiro atoms. The Morgan fingerprint density at radius 3 is 2.48 bits per heavy atom. The van der Waals surface area contributed by atoms with Gasteiger partial charge in [-0.25, -0.2) is 4.99 Å². The van der Waals surface area contributed by atoms with Crippen molar-refractivity contribution in [2.75, 3.05) is 0 Å². The minimum atomic E-state index is -0.0806. The van der Waals surface area contributed by atoms with Crippen LogP contribution in [0.1, 0.15) is 51.7 Å². The Balaban J connectivity index is 2.17. The van der Waals surface area contributed by atoms with Crippen molar-refractivity contribution in [1.82, 2.24) is 10.6 Å². The van der Waals surface area contributed by atoms with Crippen LogP contribution < -0.4 is 10.6 Å². The fourth-order valence-corrected chi connectivity index (χ4v) is 2.83. The summed E-state index contributed by atoms with van der Waals surface area (Å²) < 4.78 is 0. The van der Waals surface area contributed by atoms with E-state index in [2.05, 4.69) is 35.3 Å². The van der Waals surface area contributed by atoms with Crippen LogP contribution in [-0.4, -0.2) is 18.2 Å². The smallest absolute Gasteiger partial charge is 0.251 e. The van der Waals surface area contributed by atoms with Crippen LogP contribution in [0.5, 0.6) is 0 Å². The molecule has 0 radical (unpaired) electrons. The lowest BCUT2D eigenvalue weighted by atomic mass is 10.0. The Bertz CT molecular complexity index is 735. The van der Waals surface area contributed by atoms with Gasteiger partial charge in [-0.2, -0.15) is 0 Å². The lowest BCUT2D eigenvalue weighted by molar-refractivity contribution is -0.117. The summed E-state index contributed by atoms with van der Waals surface area (Å²) in [7, 11) is 0. The third-order valence-electron chi connectivity index (χ3n) is 4.57. The summed E-state index contributed by atoms with van der Waals surface area (Å²) in [6.45, 7) is 14.2. The lowest BCUT2D eigenvalue weighted by Gasteiger charge is -2.18. The van der Waals surface area contributed by atoms with Crippen LogP contribution in [0.2, 0.25) is 0 Å². The number of aryl methyl sites for hydroxylation is 1. The van der Waals surface area contributed by atoms with Crippen molar-refractivity contribution in [1.29, 1.82) is 0 Å². The first kappa shape index (κ1) is 19.0. The molecule has 25 heavy (non-hydrogen) atoms. The molecule has 0 saturated heterocycles. The molecule has 134 valence electrons. The van der Waals surface area contributed by atoms with Crippen molar-refractivity contribution in [3.8, 4) is 0 Å². The van der Waals surface area contributed by atoms with Gasteiger partial charge in [0.1, 0.15) is 5.82 Å². The van der Waals surface area contributed by atoms with E-state index in [1.54, 1.807) is 0 Å². The van der Waals surface area contributed by atoms with E-state index in [1.807, 2.05) is 45.9 Å². The molecule has 4 nitrogen and oxygen atoms in total. The van der Waals surface area contributed by atoms with Gasteiger partial charge in [0.15, 0.2) is 0 Å². The summed E-state index contributed by atoms with van der Waals surface area (Å²) in [5.41, 5.74) is 4.83. The quantitative estimate of drug-likeness (QED) is 0.448. The Morgan fingerprint density at radius 2 is 1.96 bits per heavy atom. The maximum atomic E-state index is 12.8. The fraction of sp³-hybridized carbons (Fsp3) is 0.429. The van der Waals surface area contributed by atoms with Crippen molar-refractivity contribution >= 4 is 12.6 Å².